The Morgan fingerprint density at radius 2 is 0.759 bits per heavy atom. The summed E-state index contributed by atoms with van der Waals surface area (Å²) in [6.45, 7) is 6.37. The summed E-state index contributed by atoms with van der Waals surface area (Å²) in [6, 6.07) is 0. The Labute approximate surface area is 358 Å². The zero-order valence-electron chi connectivity index (χ0n) is 38.0. The van der Waals surface area contributed by atoms with Crippen LogP contribution in [0, 0.1) is 0 Å². The smallest absolute Gasteiger partial charge is 0.306 e. The van der Waals surface area contributed by atoms with E-state index in [1.165, 1.54) is 89.9 Å². The zero-order valence-corrected chi connectivity index (χ0v) is 38.0. The van der Waals surface area contributed by atoms with Crippen molar-refractivity contribution in [2.75, 3.05) is 13.2 Å². The van der Waals surface area contributed by atoms with Crippen LogP contribution >= 0.6 is 0 Å². The van der Waals surface area contributed by atoms with Crippen LogP contribution in [-0.2, 0) is 28.6 Å². The minimum absolute atomic E-state index is 0.0839. The molecule has 6 nitrogen and oxygen atoms in total. The van der Waals surface area contributed by atoms with Crippen LogP contribution in [0.2, 0.25) is 0 Å². The number of carbonyl (C=O) groups excluding carboxylic acids is 3. The molecule has 0 heterocycles. The van der Waals surface area contributed by atoms with E-state index in [2.05, 4.69) is 81.5 Å². The molecule has 0 amide bonds. The molecule has 6 heteroatoms. The Morgan fingerprint density at radius 3 is 1.22 bits per heavy atom. The van der Waals surface area contributed by atoms with E-state index < -0.39 is 6.10 Å². The first kappa shape index (κ1) is 55.1. The number of unbranched alkanes of at least 4 members (excludes halogenated alkanes) is 24. The summed E-state index contributed by atoms with van der Waals surface area (Å²) < 4.78 is 16.7. The summed E-state index contributed by atoms with van der Waals surface area (Å²) >= 11 is 0. The summed E-state index contributed by atoms with van der Waals surface area (Å²) in [4.78, 5) is 37.9. The molecule has 0 aliphatic rings. The van der Waals surface area contributed by atoms with Gasteiger partial charge in [0.25, 0.3) is 0 Å². The third-order valence-corrected chi connectivity index (χ3v) is 10.3. The highest BCUT2D eigenvalue weighted by Gasteiger charge is 2.19. The molecule has 334 valence electrons. The maximum absolute atomic E-state index is 12.8. The molecule has 0 saturated heterocycles. The second-order valence-electron chi connectivity index (χ2n) is 16.0. The van der Waals surface area contributed by atoms with Gasteiger partial charge in [0, 0.05) is 19.3 Å². The first-order valence-electron chi connectivity index (χ1n) is 24.3. The van der Waals surface area contributed by atoms with Crippen LogP contribution in [-0.4, -0.2) is 37.2 Å². The second-order valence-corrected chi connectivity index (χ2v) is 16.0. The molecule has 0 saturated carbocycles. The minimum atomic E-state index is -0.781. The molecule has 0 aromatic carbocycles. The van der Waals surface area contributed by atoms with E-state index in [4.69, 9.17) is 14.2 Å². The van der Waals surface area contributed by atoms with Crippen molar-refractivity contribution in [1.82, 2.24) is 0 Å². The van der Waals surface area contributed by atoms with Crippen LogP contribution in [0.4, 0.5) is 0 Å². The molecule has 0 spiro atoms. The van der Waals surface area contributed by atoms with Crippen molar-refractivity contribution in [1.29, 1.82) is 0 Å². The molecule has 1 unspecified atom stereocenters. The predicted molar refractivity (Wildman–Crippen MR) is 247 cm³/mol. The fraction of sp³-hybridized carbons (Fsp3) is 0.750. The third kappa shape index (κ3) is 44.2. The maximum Gasteiger partial charge on any atom is 0.306 e. The summed E-state index contributed by atoms with van der Waals surface area (Å²) in [5.74, 6) is -0.908. The molecule has 0 aromatic heterocycles. The van der Waals surface area contributed by atoms with E-state index >= 15 is 0 Å². The number of ether oxygens (including phenoxy) is 3. The number of rotatable bonds is 43. The molecule has 58 heavy (non-hydrogen) atoms. The second kappa shape index (κ2) is 46.8. The van der Waals surface area contributed by atoms with Crippen LogP contribution in [0.25, 0.3) is 0 Å². The lowest BCUT2D eigenvalue weighted by molar-refractivity contribution is -0.167. The summed E-state index contributed by atoms with van der Waals surface area (Å²) in [7, 11) is 0. The van der Waals surface area contributed by atoms with Gasteiger partial charge in [-0.2, -0.15) is 0 Å². The Bertz CT molecular complexity index is 1070. The van der Waals surface area contributed by atoms with Crippen LogP contribution in [0.5, 0.6) is 0 Å². The number of hydrogen-bond acceptors (Lipinski definition) is 6. The number of carbonyl (C=O) groups is 3. The van der Waals surface area contributed by atoms with Gasteiger partial charge in [-0.1, -0.05) is 210 Å². The molecule has 0 radical (unpaired) electrons. The zero-order chi connectivity index (χ0) is 42.3. The van der Waals surface area contributed by atoms with Crippen molar-refractivity contribution in [2.24, 2.45) is 0 Å². The molecule has 0 bridgehead atoms. The lowest BCUT2D eigenvalue weighted by Crippen LogP contribution is -2.30. The molecule has 0 aliphatic carbocycles. The Hall–Kier alpha value is -2.89. The fourth-order valence-electron chi connectivity index (χ4n) is 6.71. The average Bonchev–Trinajstić information content (AvgIpc) is 3.22. The average molecular weight is 811 g/mol. The van der Waals surface area contributed by atoms with Gasteiger partial charge in [0.15, 0.2) is 6.10 Å². The van der Waals surface area contributed by atoms with Crippen molar-refractivity contribution in [3.63, 3.8) is 0 Å². The number of allylic oxidation sites excluding steroid dienone is 10. The van der Waals surface area contributed by atoms with E-state index in [1.54, 1.807) is 0 Å². The standard InChI is InChI=1S/C52H90O6/c1-4-7-10-13-16-19-22-25-26-28-30-33-36-39-42-45-51(54)57-48-49(47-56-50(53)44-41-38-35-32-29-24-21-18-15-12-9-6-3)58-52(55)46-43-40-37-34-31-27-23-20-17-14-11-8-5-2/h7,9-10,12-13,16,18-19,21-22,49H,4-6,8,11,14-15,17,20,23-48H2,1-3H3/b10-7-,12-9-,16-13-,21-18-,22-19-. The Morgan fingerprint density at radius 1 is 0.379 bits per heavy atom. The van der Waals surface area contributed by atoms with Gasteiger partial charge in [0.2, 0.25) is 0 Å². The molecular formula is C52H90O6. The van der Waals surface area contributed by atoms with Crippen molar-refractivity contribution in [3.8, 4) is 0 Å². The lowest BCUT2D eigenvalue weighted by atomic mass is 10.0. The maximum atomic E-state index is 12.8. The van der Waals surface area contributed by atoms with Crippen LogP contribution in [0.3, 0.4) is 0 Å². The largest absolute Gasteiger partial charge is 0.462 e. The van der Waals surface area contributed by atoms with Crippen molar-refractivity contribution in [3.05, 3.63) is 60.8 Å². The van der Waals surface area contributed by atoms with Gasteiger partial charge in [0.1, 0.15) is 13.2 Å². The number of hydrogen-bond donors (Lipinski definition) is 0. The van der Waals surface area contributed by atoms with Gasteiger partial charge in [-0.15, -0.1) is 0 Å². The van der Waals surface area contributed by atoms with Crippen LogP contribution < -0.4 is 0 Å². The molecule has 0 fully saturated rings. The van der Waals surface area contributed by atoms with E-state index in [0.29, 0.717) is 19.3 Å². The monoisotopic (exact) mass is 811 g/mol. The lowest BCUT2D eigenvalue weighted by Gasteiger charge is -2.18. The normalized spacial score (nSPS) is 12.5. The number of esters is 3. The summed E-state index contributed by atoms with van der Waals surface area (Å²) in [5.41, 5.74) is 0. The highest BCUT2D eigenvalue weighted by atomic mass is 16.6. The predicted octanol–water partition coefficient (Wildman–Crippen LogP) is 15.7. The Balaban J connectivity index is 4.40. The SMILES string of the molecule is CC\C=C/C=C\C=C/CCCCCCCCCC(=O)OCC(COC(=O)CCCCCCC/C=C\C/C=C\CC)OC(=O)CCCCCCCCCCCCCCC. The van der Waals surface area contributed by atoms with Gasteiger partial charge >= 0.3 is 17.9 Å². The van der Waals surface area contributed by atoms with Gasteiger partial charge in [-0.3, -0.25) is 14.4 Å². The molecule has 0 rings (SSSR count). The van der Waals surface area contributed by atoms with Crippen molar-refractivity contribution >= 4 is 17.9 Å². The first-order valence-corrected chi connectivity index (χ1v) is 24.3. The molecule has 1 atom stereocenters. The minimum Gasteiger partial charge on any atom is -0.462 e. The van der Waals surface area contributed by atoms with Crippen LogP contribution in [0.15, 0.2) is 60.8 Å². The highest BCUT2D eigenvalue weighted by Crippen LogP contribution is 2.15. The van der Waals surface area contributed by atoms with Gasteiger partial charge in [-0.05, 0) is 64.2 Å². The molecule has 0 aromatic rings. The summed E-state index contributed by atoms with van der Waals surface area (Å²) in [6.07, 6.45) is 56.3. The molecule has 0 N–H and O–H groups in total. The third-order valence-electron chi connectivity index (χ3n) is 10.3. The molecule has 0 aliphatic heterocycles. The van der Waals surface area contributed by atoms with Gasteiger partial charge in [0.05, 0.1) is 0 Å². The van der Waals surface area contributed by atoms with Crippen molar-refractivity contribution in [2.45, 2.75) is 239 Å². The van der Waals surface area contributed by atoms with Crippen LogP contribution in [0.1, 0.15) is 233 Å². The topological polar surface area (TPSA) is 78.9 Å². The quantitative estimate of drug-likeness (QED) is 0.0201. The van der Waals surface area contributed by atoms with Gasteiger partial charge < -0.3 is 14.2 Å². The first-order chi connectivity index (χ1) is 28.5. The van der Waals surface area contributed by atoms with E-state index in [1.807, 2.05) is 0 Å². The fourth-order valence-corrected chi connectivity index (χ4v) is 6.71. The van der Waals surface area contributed by atoms with E-state index in [0.717, 1.165) is 103 Å². The highest BCUT2D eigenvalue weighted by molar-refractivity contribution is 5.71. The Kier molecular flexibility index (Phi) is 44.5. The van der Waals surface area contributed by atoms with E-state index in [-0.39, 0.29) is 31.1 Å². The molecular weight excluding hydrogens is 721 g/mol. The van der Waals surface area contributed by atoms with Gasteiger partial charge in [-0.25, -0.2) is 0 Å². The van der Waals surface area contributed by atoms with E-state index in [9.17, 15) is 14.4 Å². The van der Waals surface area contributed by atoms with Crippen molar-refractivity contribution < 1.29 is 28.6 Å². The summed E-state index contributed by atoms with van der Waals surface area (Å²) in [5, 5.41) is 0.